The summed E-state index contributed by atoms with van der Waals surface area (Å²) in [6, 6.07) is 12.0. The predicted molar refractivity (Wildman–Crippen MR) is 69.4 cm³/mol. The van der Waals surface area contributed by atoms with E-state index in [0.717, 1.165) is 32.2 Å². The van der Waals surface area contributed by atoms with Gasteiger partial charge < -0.3 is 10.1 Å². The minimum atomic E-state index is 0.344. The molecule has 1 saturated heterocycles. The van der Waals surface area contributed by atoms with E-state index in [4.69, 9.17) is 0 Å². The number of hydrogen-bond donors (Lipinski definition) is 1. The maximum atomic E-state index is 10.1. The first-order chi connectivity index (χ1) is 7.93. The second-order valence-electron chi connectivity index (χ2n) is 3.38. The van der Waals surface area contributed by atoms with Gasteiger partial charge in [-0.1, -0.05) is 50.2 Å². The first kappa shape index (κ1) is 14.8. The van der Waals surface area contributed by atoms with Crippen molar-refractivity contribution in [1.82, 2.24) is 5.32 Å². The van der Waals surface area contributed by atoms with Crippen molar-refractivity contribution in [3.8, 4) is 0 Å². The van der Waals surface area contributed by atoms with Crippen molar-refractivity contribution in [2.24, 2.45) is 5.92 Å². The fraction of sp³-hybridized carbons (Fsp3) is 0.500. The second kappa shape index (κ2) is 11.9. The van der Waals surface area contributed by atoms with Gasteiger partial charge in [0.25, 0.3) is 0 Å². The SMILES string of the molecule is CC.O=CC1CCNCC1.c1ccccc1. The van der Waals surface area contributed by atoms with Gasteiger partial charge >= 0.3 is 0 Å². The Balaban J connectivity index is 0.000000251. The summed E-state index contributed by atoms with van der Waals surface area (Å²) in [6.45, 7) is 6.03. The third-order valence-corrected chi connectivity index (χ3v) is 2.24. The van der Waals surface area contributed by atoms with E-state index in [9.17, 15) is 4.79 Å². The van der Waals surface area contributed by atoms with E-state index in [1.54, 1.807) is 0 Å². The van der Waals surface area contributed by atoms with Gasteiger partial charge in [-0.3, -0.25) is 0 Å². The molecule has 1 heterocycles. The zero-order chi connectivity index (χ0) is 12.1. The van der Waals surface area contributed by atoms with Gasteiger partial charge in [0.15, 0.2) is 0 Å². The molecule has 0 saturated carbocycles. The van der Waals surface area contributed by atoms with Gasteiger partial charge in [-0.25, -0.2) is 0 Å². The summed E-state index contributed by atoms with van der Waals surface area (Å²) in [4.78, 5) is 10.1. The normalized spacial score (nSPS) is 14.9. The van der Waals surface area contributed by atoms with Crippen LogP contribution in [0.15, 0.2) is 36.4 Å². The van der Waals surface area contributed by atoms with E-state index in [-0.39, 0.29) is 0 Å². The third-order valence-electron chi connectivity index (χ3n) is 2.24. The highest BCUT2D eigenvalue weighted by Crippen LogP contribution is 2.06. The maximum Gasteiger partial charge on any atom is 0.123 e. The monoisotopic (exact) mass is 221 g/mol. The molecule has 90 valence electrons. The summed E-state index contributed by atoms with van der Waals surface area (Å²) >= 11 is 0. The molecule has 2 heteroatoms. The lowest BCUT2D eigenvalue weighted by atomic mass is 10.0. The summed E-state index contributed by atoms with van der Waals surface area (Å²) < 4.78 is 0. The highest BCUT2D eigenvalue weighted by Gasteiger charge is 2.09. The fourth-order valence-corrected chi connectivity index (χ4v) is 1.37. The molecular weight excluding hydrogens is 198 g/mol. The van der Waals surface area contributed by atoms with E-state index in [1.807, 2.05) is 50.2 Å². The van der Waals surface area contributed by atoms with Gasteiger partial charge in [0.1, 0.15) is 6.29 Å². The number of piperidine rings is 1. The van der Waals surface area contributed by atoms with Gasteiger partial charge in [0, 0.05) is 5.92 Å². The number of nitrogens with one attached hydrogen (secondary N) is 1. The molecule has 1 N–H and O–H groups in total. The molecule has 1 aliphatic heterocycles. The molecular formula is C14H23NO. The topological polar surface area (TPSA) is 29.1 Å². The Morgan fingerprint density at radius 3 is 1.56 bits per heavy atom. The van der Waals surface area contributed by atoms with Crippen molar-refractivity contribution in [3.05, 3.63) is 36.4 Å². The van der Waals surface area contributed by atoms with Crippen molar-refractivity contribution < 1.29 is 4.79 Å². The van der Waals surface area contributed by atoms with Crippen molar-refractivity contribution in [2.75, 3.05) is 13.1 Å². The van der Waals surface area contributed by atoms with Gasteiger partial charge in [-0.2, -0.15) is 0 Å². The van der Waals surface area contributed by atoms with Crippen LogP contribution in [-0.4, -0.2) is 19.4 Å². The molecule has 0 spiro atoms. The number of carbonyl (C=O) groups excluding carboxylic acids is 1. The maximum absolute atomic E-state index is 10.1. The smallest absolute Gasteiger partial charge is 0.123 e. The van der Waals surface area contributed by atoms with Gasteiger partial charge in [0.2, 0.25) is 0 Å². The molecule has 0 aromatic heterocycles. The van der Waals surface area contributed by atoms with E-state index in [1.165, 1.54) is 0 Å². The Bertz CT molecular complexity index is 203. The van der Waals surface area contributed by atoms with Gasteiger partial charge in [0.05, 0.1) is 0 Å². The van der Waals surface area contributed by atoms with E-state index < -0.39 is 0 Å². The van der Waals surface area contributed by atoms with Crippen molar-refractivity contribution in [1.29, 1.82) is 0 Å². The van der Waals surface area contributed by atoms with Gasteiger partial charge in [-0.15, -0.1) is 0 Å². The summed E-state index contributed by atoms with van der Waals surface area (Å²) in [7, 11) is 0. The molecule has 2 nitrogen and oxygen atoms in total. The molecule has 0 radical (unpaired) electrons. The molecule has 1 aromatic carbocycles. The second-order valence-corrected chi connectivity index (χ2v) is 3.38. The largest absolute Gasteiger partial charge is 0.317 e. The first-order valence-electron chi connectivity index (χ1n) is 6.09. The molecule has 0 aliphatic carbocycles. The van der Waals surface area contributed by atoms with Crippen molar-refractivity contribution in [3.63, 3.8) is 0 Å². The Kier molecular flexibility index (Phi) is 11.1. The summed E-state index contributed by atoms with van der Waals surface area (Å²) in [6.07, 6.45) is 3.13. The van der Waals surface area contributed by atoms with Crippen LogP contribution in [0.1, 0.15) is 26.7 Å². The zero-order valence-electron chi connectivity index (χ0n) is 10.4. The highest BCUT2D eigenvalue weighted by molar-refractivity contribution is 5.53. The molecule has 16 heavy (non-hydrogen) atoms. The zero-order valence-corrected chi connectivity index (χ0v) is 10.4. The number of rotatable bonds is 1. The van der Waals surface area contributed by atoms with Crippen LogP contribution in [0.5, 0.6) is 0 Å². The molecule has 1 aliphatic rings. The highest BCUT2D eigenvalue weighted by atomic mass is 16.1. The molecule has 2 rings (SSSR count). The first-order valence-corrected chi connectivity index (χ1v) is 6.09. The average Bonchev–Trinajstić information content (AvgIpc) is 2.44. The molecule has 0 bridgehead atoms. The van der Waals surface area contributed by atoms with Crippen molar-refractivity contribution >= 4 is 6.29 Å². The van der Waals surface area contributed by atoms with Crippen LogP contribution in [-0.2, 0) is 4.79 Å². The van der Waals surface area contributed by atoms with E-state index >= 15 is 0 Å². The minimum Gasteiger partial charge on any atom is -0.317 e. The lowest BCUT2D eigenvalue weighted by Gasteiger charge is -2.16. The Morgan fingerprint density at radius 1 is 0.938 bits per heavy atom. The minimum absolute atomic E-state index is 0.344. The number of carbonyl (C=O) groups is 1. The van der Waals surface area contributed by atoms with Gasteiger partial charge in [-0.05, 0) is 25.9 Å². The lowest BCUT2D eigenvalue weighted by Crippen LogP contribution is -2.28. The van der Waals surface area contributed by atoms with Crippen LogP contribution in [0.3, 0.4) is 0 Å². The van der Waals surface area contributed by atoms with E-state index in [0.29, 0.717) is 5.92 Å². The average molecular weight is 221 g/mol. The molecule has 0 unspecified atom stereocenters. The number of aldehydes is 1. The number of hydrogen-bond acceptors (Lipinski definition) is 2. The fourth-order valence-electron chi connectivity index (χ4n) is 1.37. The van der Waals surface area contributed by atoms with Crippen LogP contribution in [0.2, 0.25) is 0 Å². The number of benzene rings is 1. The molecule has 1 aromatic rings. The quantitative estimate of drug-likeness (QED) is 0.739. The third kappa shape index (κ3) is 8.18. The van der Waals surface area contributed by atoms with E-state index in [2.05, 4.69) is 5.32 Å². The summed E-state index contributed by atoms with van der Waals surface area (Å²) in [5, 5.41) is 3.19. The lowest BCUT2D eigenvalue weighted by molar-refractivity contribution is -0.111. The Morgan fingerprint density at radius 2 is 1.31 bits per heavy atom. The standard InChI is InChI=1S/C6H11NO.C6H6.C2H6/c8-5-6-1-3-7-4-2-6;1-2-4-6-5-3-1;1-2/h5-7H,1-4H2;1-6H;1-2H3. The van der Waals surface area contributed by atoms with Crippen LogP contribution in [0.25, 0.3) is 0 Å². The van der Waals surface area contributed by atoms with Crippen LogP contribution in [0, 0.1) is 5.92 Å². The van der Waals surface area contributed by atoms with Crippen molar-refractivity contribution in [2.45, 2.75) is 26.7 Å². The van der Waals surface area contributed by atoms with Crippen LogP contribution < -0.4 is 5.32 Å². The summed E-state index contributed by atoms with van der Waals surface area (Å²) in [5.74, 6) is 0.344. The molecule has 0 amide bonds. The van der Waals surface area contributed by atoms with Crippen LogP contribution in [0.4, 0.5) is 0 Å². The molecule has 0 atom stereocenters. The molecule has 1 fully saturated rings. The predicted octanol–water partition coefficient (Wildman–Crippen LogP) is 2.90. The Labute approximate surface area is 99.1 Å². The van der Waals surface area contributed by atoms with Crippen LogP contribution >= 0.6 is 0 Å². The summed E-state index contributed by atoms with van der Waals surface area (Å²) in [5.41, 5.74) is 0. The Hall–Kier alpha value is -1.15.